The lowest BCUT2D eigenvalue weighted by molar-refractivity contribution is -0.187. The predicted molar refractivity (Wildman–Crippen MR) is 105 cm³/mol. The van der Waals surface area contributed by atoms with Gasteiger partial charge in [-0.2, -0.15) is 0 Å². The molecule has 0 saturated carbocycles. The third kappa shape index (κ3) is 4.37. The molecule has 3 rings (SSSR count). The minimum atomic E-state index is -1.16. The summed E-state index contributed by atoms with van der Waals surface area (Å²) in [4.78, 5) is 24.5. The van der Waals surface area contributed by atoms with Crippen molar-refractivity contribution in [2.45, 2.75) is 108 Å². The van der Waals surface area contributed by atoms with E-state index in [0.717, 1.165) is 0 Å². The van der Waals surface area contributed by atoms with Crippen LogP contribution in [-0.2, 0) is 23.8 Å². The molecule has 0 aromatic carbocycles. The third-order valence-corrected chi connectivity index (χ3v) is 7.19. The first-order valence-electron chi connectivity index (χ1n) is 10.5. The van der Waals surface area contributed by atoms with E-state index in [4.69, 9.17) is 14.2 Å². The average molecular weight is 411 g/mol. The van der Waals surface area contributed by atoms with Gasteiger partial charge in [-0.05, 0) is 71.6 Å². The molecule has 164 valence electrons. The van der Waals surface area contributed by atoms with Crippen molar-refractivity contribution in [3.8, 4) is 0 Å². The molecule has 0 amide bonds. The molecule has 7 nitrogen and oxygen atoms in total. The highest BCUT2D eigenvalue weighted by Gasteiger charge is 2.52. The fourth-order valence-corrected chi connectivity index (χ4v) is 4.94. The minimum absolute atomic E-state index is 0.249. The molecule has 3 heterocycles. The Labute approximate surface area is 172 Å². The standard InChI is InChI=1S/C22H34O7/c1-13-15-6-10-21(4,29-19(13)25)16(24)7-9-20(3,26)17-8-11-22(5,28-17)18(12-15)27-14(2)23/h15-18,24,26H,1,6-12H2,2-5H3. The van der Waals surface area contributed by atoms with Gasteiger partial charge in [-0.1, -0.05) is 6.58 Å². The second kappa shape index (κ2) is 7.67. The Balaban J connectivity index is 2.00. The molecule has 7 heteroatoms. The lowest BCUT2D eigenvalue weighted by atomic mass is 9.79. The highest BCUT2D eigenvalue weighted by Crippen LogP contribution is 2.45. The lowest BCUT2D eigenvalue weighted by Gasteiger charge is -2.38. The van der Waals surface area contributed by atoms with Crippen molar-refractivity contribution >= 4 is 11.9 Å². The third-order valence-electron chi connectivity index (χ3n) is 7.19. The van der Waals surface area contributed by atoms with Gasteiger partial charge in [-0.15, -0.1) is 0 Å². The maximum absolute atomic E-state index is 12.7. The highest BCUT2D eigenvalue weighted by molar-refractivity contribution is 5.89. The lowest BCUT2D eigenvalue weighted by Crippen LogP contribution is -2.48. The summed E-state index contributed by atoms with van der Waals surface area (Å²) in [7, 11) is 0. The molecule has 3 aliphatic rings. The fourth-order valence-electron chi connectivity index (χ4n) is 4.94. The predicted octanol–water partition coefficient (Wildman–Crippen LogP) is 2.42. The minimum Gasteiger partial charge on any atom is -0.459 e. The first-order chi connectivity index (χ1) is 13.4. The van der Waals surface area contributed by atoms with Gasteiger partial charge in [-0.25, -0.2) is 4.79 Å². The van der Waals surface area contributed by atoms with E-state index in [9.17, 15) is 19.8 Å². The Kier molecular flexibility index (Phi) is 5.89. The van der Waals surface area contributed by atoms with Gasteiger partial charge in [0.1, 0.15) is 17.3 Å². The Morgan fingerprint density at radius 3 is 2.45 bits per heavy atom. The van der Waals surface area contributed by atoms with E-state index in [-0.39, 0.29) is 12.3 Å². The molecule has 0 radical (unpaired) electrons. The molecule has 29 heavy (non-hydrogen) atoms. The number of aliphatic hydroxyl groups excluding tert-OH is 1. The number of aliphatic hydroxyl groups is 2. The maximum atomic E-state index is 12.7. The Morgan fingerprint density at radius 1 is 1.14 bits per heavy atom. The van der Waals surface area contributed by atoms with Gasteiger partial charge in [0, 0.05) is 12.5 Å². The van der Waals surface area contributed by atoms with Gasteiger partial charge >= 0.3 is 11.9 Å². The van der Waals surface area contributed by atoms with Crippen molar-refractivity contribution < 1.29 is 34.0 Å². The molecule has 0 spiro atoms. The van der Waals surface area contributed by atoms with Crippen LogP contribution in [0.15, 0.2) is 12.2 Å². The van der Waals surface area contributed by atoms with Crippen LogP contribution in [0.3, 0.4) is 0 Å². The van der Waals surface area contributed by atoms with E-state index in [1.54, 1.807) is 13.8 Å². The zero-order valence-corrected chi connectivity index (χ0v) is 17.9. The van der Waals surface area contributed by atoms with Crippen LogP contribution in [0.4, 0.5) is 0 Å². The number of rotatable bonds is 1. The average Bonchev–Trinajstić information content (AvgIpc) is 3.00. The van der Waals surface area contributed by atoms with Crippen LogP contribution in [0.1, 0.15) is 72.6 Å². The first kappa shape index (κ1) is 22.2. The van der Waals surface area contributed by atoms with Crippen LogP contribution in [0, 0.1) is 5.92 Å². The number of ether oxygens (including phenoxy) is 3. The van der Waals surface area contributed by atoms with Crippen molar-refractivity contribution in [3.05, 3.63) is 12.2 Å². The number of carbonyl (C=O) groups is 2. The van der Waals surface area contributed by atoms with E-state index < -0.39 is 47.1 Å². The van der Waals surface area contributed by atoms with Gasteiger partial charge in [0.2, 0.25) is 0 Å². The number of carbonyl (C=O) groups excluding carboxylic acids is 2. The van der Waals surface area contributed by atoms with Crippen LogP contribution in [0.2, 0.25) is 0 Å². The van der Waals surface area contributed by atoms with Crippen molar-refractivity contribution in [1.29, 1.82) is 0 Å². The number of hydrogen-bond donors (Lipinski definition) is 2. The molecular formula is C22H34O7. The molecule has 3 saturated heterocycles. The monoisotopic (exact) mass is 410 g/mol. The second-order valence-corrected chi connectivity index (χ2v) is 9.67. The number of fused-ring (bicyclic) bond motifs is 5. The zero-order chi connectivity index (χ0) is 21.6. The van der Waals surface area contributed by atoms with Gasteiger partial charge < -0.3 is 24.4 Å². The normalized spacial score (nSPS) is 46.1. The summed E-state index contributed by atoms with van der Waals surface area (Å²) >= 11 is 0. The molecular weight excluding hydrogens is 376 g/mol. The maximum Gasteiger partial charge on any atom is 0.334 e. The summed E-state index contributed by atoms with van der Waals surface area (Å²) in [6, 6.07) is 0. The van der Waals surface area contributed by atoms with Gasteiger partial charge in [0.15, 0.2) is 0 Å². The molecule has 2 N–H and O–H groups in total. The van der Waals surface area contributed by atoms with E-state index in [0.29, 0.717) is 44.1 Å². The van der Waals surface area contributed by atoms with Gasteiger partial charge in [0.25, 0.3) is 0 Å². The molecule has 0 aromatic rings. The van der Waals surface area contributed by atoms with Crippen molar-refractivity contribution in [2.24, 2.45) is 5.92 Å². The summed E-state index contributed by atoms with van der Waals surface area (Å²) in [5.74, 6) is -1.20. The highest BCUT2D eigenvalue weighted by atomic mass is 16.6. The van der Waals surface area contributed by atoms with E-state index in [1.165, 1.54) is 6.92 Å². The molecule has 7 unspecified atom stereocenters. The largest absolute Gasteiger partial charge is 0.459 e. The van der Waals surface area contributed by atoms with Crippen molar-refractivity contribution in [2.75, 3.05) is 0 Å². The second-order valence-electron chi connectivity index (χ2n) is 9.67. The van der Waals surface area contributed by atoms with Crippen molar-refractivity contribution in [1.82, 2.24) is 0 Å². The number of esters is 2. The molecule has 7 atom stereocenters. The summed E-state index contributed by atoms with van der Waals surface area (Å²) in [5.41, 5.74) is -2.65. The summed E-state index contributed by atoms with van der Waals surface area (Å²) in [6.07, 6.45) is 1.30. The summed E-state index contributed by atoms with van der Waals surface area (Å²) in [5, 5.41) is 21.9. The van der Waals surface area contributed by atoms with Crippen LogP contribution < -0.4 is 0 Å². The molecule has 3 fully saturated rings. The van der Waals surface area contributed by atoms with E-state index in [1.807, 2.05) is 6.92 Å². The molecule has 4 bridgehead atoms. The van der Waals surface area contributed by atoms with E-state index >= 15 is 0 Å². The Morgan fingerprint density at radius 2 is 1.79 bits per heavy atom. The van der Waals surface area contributed by atoms with Gasteiger partial charge in [0.05, 0.1) is 17.8 Å². The first-order valence-corrected chi connectivity index (χ1v) is 10.5. The SMILES string of the molecule is C=C1C(=O)OC2(C)CCC1CC(OC(C)=O)C1(C)CCC(O1)C(C)(O)CCC2O. The van der Waals surface area contributed by atoms with Crippen LogP contribution >= 0.6 is 0 Å². The quantitative estimate of drug-likeness (QED) is 0.505. The zero-order valence-electron chi connectivity index (χ0n) is 17.9. The number of hydrogen-bond acceptors (Lipinski definition) is 7. The summed E-state index contributed by atoms with van der Waals surface area (Å²) < 4.78 is 17.6. The van der Waals surface area contributed by atoms with E-state index in [2.05, 4.69) is 6.58 Å². The summed E-state index contributed by atoms with van der Waals surface area (Å²) in [6.45, 7) is 10.6. The van der Waals surface area contributed by atoms with Gasteiger partial charge in [-0.3, -0.25) is 4.79 Å². The van der Waals surface area contributed by atoms with Crippen LogP contribution in [0.25, 0.3) is 0 Å². The topological polar surface area (TPSA) is 102 Å². The molecule has 3 aliphatic heterocycles. The molecule has 0 aromatic heterocycles. The fraction of sp³-hybridized carbons (Fsp3) is 0.818. The smallest absolute Gasteiger partial charge is 0.334 e. The Bertz CT molecular complexity index is 687. The van der Waals surface area contributed by atoms with Crippen LogP contribution in [-0.4, -0.2) is 57.3 Å². The Hall–Kier alpha value is -1.44. The van der Waals surface area contributed by atoms with Crippen LogP contribution in [0.5, 0.6) is 0 Å². The molecule has 0 aliphatic carbocycles. The van der Waals surface area contributed by atoms with Crippen molar-refractivity contribution in [3.63, 3.8) is 0 Å².